The molecule has 0 spiro atoms. The zero-order valence-electron chi connectivity index (χ0n) is 7.01. The molecule has 1 heteroatoms. The van der Waals surface area contributed by atoms with Crippen LogP contribution in [0.3, 0.4) is 0 Å². The van der Waals surface area contributed by atoms with Gasteiger partial charge in [0.05, 0.1) is 0 Å². The average molecular weight is 149 g/mol. The molecule has 0 heterocycles. The van der Waals surface area contributed by atoms with Crippen LogP contribution in [0, 0.1) is 0 Å². The van der Waals surface area contributed by atoms with Crippen molar-refractivity contribution in [2.45, 2.75) is 25.8 Å². The minimum absolute atomic E-state index is 0.182. The van der Waals surface area contributed by atoms with Crippen molar-refractivity contribution in [2.75, 3.05) is 0 Å². The van der Waals surface area contributed by atoms with E-state index in [4.69, 9.17) is 5.73 Å². The summed E-state index contributed by atoms with van der Waals surface area (Å²) in [4.78, 5) is 0. The first-order valence-electron chi connectivity index (χ1n) is 3.96. The van der Waals surface area contributed by atoms with Crippen molar-refractivity contribution in [2.24, 2.45) is 5.73 Å². The van der Waals surface area contributed by atoms with E-state index in [1.54, 1.807) is 0 Å². The van der Waals surface area contributed by atoms with Gasteiger partial charge in [-0.15, -0.1) is 6.58 Å². The summed E-state index contributed by atoms with van der Waals surface area (Å²) in [6.45, 7) is 5.80. The van der Waals surface area contributed by atoms with E-state index in [1.165, 1.54) is 11.1 Å². The van der Waals surface area contributed by atoms with Crippen molar-refractivity contribution >= 4 is 0 Å². The summed E-state index contributed by atoms with van der Waals surface area (Å²) in [7, 11) is 0. The SMILES string of the molecule is C=CCC(N)C1=CC=C(C)C1. The van der Waals surface area contributed by atoms with Crippen molar-refractivity contribution in [3.63, 3.8) is 0 Å². The van der Waals surface area contributed by atoms with E-state index >= 15 is 0 Å². The summed E-state index contributed by atoms with van der Waals surface area (Å²) in [6, 6.07) is 0.182. The summed E-state index contributed by atoms with van der Waals surface area (Å²) in [5.41, 5.74) is 8.62. The minimum Gasteiger partial charge on any atom is -0.324 e. The molecule has 0 radical (unpaired) electrons. The van der Waals surface area contributed by atoms with E-state index < -0.39 is 0 Å². The predicted molar refractivity (Wildman–Crippen MR) is 49.2 cm³/mol. The Balaban J connectivity index is 2.46. The minimum atomic E-state index is 0.182. The van der Waals surface area contributed by atoms with Gasteiger partial charge < -0.3 is 5.73 Å². The Hall–Kier alpha value is -0.820. The second-order valence-electron chi connectivity index (χ2n) is 3.06. The molecule has 60 valence electrons. The monoisotopic (exact) mass is 149 g/mol. The van der Waals surface area contributed by atoms with Gasteiger partial charge in [0.2, 0.25) is 0 Å². The first-order chi connectivity index (χ1) is 5.24. The zero-order valence-corrected chi connectivity index (χ0v) is 7.01. The topological polar surface area (TPSA) is 26.0 Å². The number of hydrogen-bond donors (Lipinski definition) is 1. The summed E-state index contributed by atoms with van der Waals surface area (Å²) >= 11 is 0. The van der Waals surface area contributed by atoms with Crippen molar-refractivity contribution in [1.82, 2.24) is 0 Å². The maximum absolute atomic E-state index is 5.88. The molecule has 0 aromatic rings. The van der Waals surface area contributed by atoms with Crippen LogP contribution in [0.1, 0.15) is 19.8 Å². The van der Waals surface area contributed by atoms with Gasteiger partial charge in [-0.1, -0.05) is 23.8 Å². The molecular weight excluding hydrogens is 134 g/mol. The van der Waals surface area contributed by atoms with E-state index in [0.29, 0.717) is 0 Å². The predicted octanol–water partition coefficient (Wildman–Crippen LogP) is 2.17. The Morgan fingerprint density at radius 3 is 2.91 bits per heavy atom. The molecule has 1 atom stereocenters. The van der Waals surface area contributed by atoms with Gasteiger partial charge in [-0.2, -0.15) is 0 Å². The van der Waals surface area contributed by atoms with Crippen LogP contribution in [0.2, 0.25) is 0 Å². The molecule has 1 unspecified atom stereocenters. The molecule has 0 amide bonds. The first kappa shape index (κ1) is 8.28. The molecule has 0 aromatic carbocycles. The molecule has 2 N–H and O–H groups in total. The maximum atomic E-state index is 5.88. The summed E-state index contributed by atoms with van der Waals surface area (Å²) in [6.07, 6.45) is 8.07. The molecule has 1 rings (SSSR count). The van der Waals surface area contributed by atoms with Gasteiger partial charge in [-0.25, -0.2) is 0 Å². The van der Waals surface area contributed by atoms with Crippen LogP contribution >= 0.6 is 0 Å². The number of nitrogens with two attached hydrogens (primary N) is 1. The normalized spacial score (nSPS) is 19.1. The Kier molecular flexibility index (Phi) is 2.66. The van der Waals surface area contributed by atoms with Gasteiger partial charge >= 0.3 is 0 Å². The van der Waals surface area contributed by atoms with Gasteiger partial charge in [0, 0.05) is 6.04 Å². The van der Waals surface area contributed by atoms with Gasteiger partial charge in [0.1, 0.15) is 0 Å². The highest BCUT2D eigenvalue weighted by Gasteiger charge is 2.10. The molecule has 0 bridgehead atoms. The second-order valence-corrected chi connectivity index (χ2v) is 3.06. The molecule has 0 fully saturated rings. The van der Waals surface area contributed by atoms with Crippen LogP contribution < -0.4 is 5.73 Å². The number of allylic oxidation sites excluding steroid dienone is 3. The van der Waals surface area contributed by atoms with E-state index in [0.717, 1.165) is 12.8 Å². The van der Waals surface area contributed by atoms with Crippen molar-refractivity contribution in [3.8, 4) is 0 Å². The quantitative estimate of drug-likeness (QED) is 0.611. The molecule has 0 aromatic heterocycles. The fraction of sp³-hybridized carbons (Fsp3) is 0.400. The van der Waals surface area contributed by atoms with E-state index in [1.807, 2.05) is 6.08 Å². The molecular formula is C10H15N. The highest BCUT2D eigenvalue weighted by Crippen LogP contribution is 2.21. The van der Waals surface area contributed by atoms with Crippen molar-refractivity contribution < 1.29 is 0 Å². The molecule has 1 aliphatic rings. The third-order valence-corrected chi connectivity index (χ3v) is 1.96. The van der Waals surface area contributed by atoms with E-state index in [9.17, 15) is 0 Å². The van der Waals surface area contributed by atoms with Crippen LogP contribution in [0.15, 0.2) is 36.0 Å². The lowest BCUT2D eigenvalue weighted by Crippen LogP contribution is -2.20. The highest BCUT2D eigenvalue weighted by molar-refractivity contribution is 5.32. The third-order valence-electron chi connectivity index (χ3n) is 1.96. The zero-order chi connectivity index (χ0) is 8.27. The van der Waals surface area contributed by atoms with Crippen LogP contribution in [0.4, 0.5) is 0 Å². The number of rotatable bonds is 3. The van der Waals surface area contributed by atoms with Crippen LogP contribution in [0.25, 0.3) is 0 Å². The highest BCUT2D eigenvalue weighted by atomic mass is 14.6. The summed E-state index contributed by atoms with van der Waals surface area (Å²) < 4.78 is 0. The molecule has 0 saturated heterocycles. The van der Waals surface area contributed by atoms with E-state index in [-0.39, 0.29) is 6.04 Å². The molecule has 0 aliphatic heterocycles. The summed E-state index contributed by atoms with van der Waals surface area (Å²) in [5.74, 6) is 0. The Labute approximate surface area is 68.3 Å². The molecule has 1 aliphatic carbocycles. The average Bonchev–Trinajstić information content (AvgIpc) is 2.36. The van der Waals surface area contributed by atoms with Gasteiger partial charge in [0.25, 0.3) is 0 Å². The van der Waals surface area contributed by atoms with E-state index in [2.05, 4.69) is 25.7 Å². The molecule has 1 nitrogen and oxygen atoms in total. The van der Waals surface area contributed by atoms with Crippen molar-refractivity contribution in [3.05, 3.63) is 36.0 Å². The largest absolute Gasteiger partial charge is 0.324 e. The lowest BCUT2D eigenvalue weighted by molar-refractivity contribution is 0.764. The van der Waals surface area contributed by atoms with Crippen LogP contribution in [0.5, 0.6) is 0 Å². The Morgan fingerprint density at radius 2 is 2.45 bits per heavy atom. The second kappa shape index (κ2) is 3.54. The Morgan fingerprint density at radius 1 is 1.73 bits per heavy atom. The smallest absolute Gasteiger partial charge is 0.0294 e. The first-order valence-corrected chi connectivity index (χ1v) is 3.96. The van der Waals surface area contributed by atoms with Crippen LogP contribution in [-0.4, -0.2) is 6.04 Å². The van der Waals surface area contributed by atoms with Gasteiger partial charge in [-0.3, -0.25) is 0 Å². The third kappa shape index (κ3) is 2.05. The molecule has 11 heavy (non-hydrogen) atoms. The van der Waals surface area contributed by atoms with Crippen LogP contribution in [-0.2, 0) is 0 Å². The number of hydrogen-bond acceptors (Lipinski definition) is 1. The lowest BCUT2D eigenvalue weighted by atomic mass is 10.0. The maximum Gasteiger partial charge on any atom is 0.0294 e. The van der Waals surface area contributed by atoms with Gasteiger partial charge in [-0.05, 0) is 25.3 Å². The van der Waals surface area contributed by atoms with Crippen molar-refractivity contribution in [1.29, 1.82) is 0 Å². The lowest BCUT2D eigenvalue weighted by Gasteiger charge is -2.10. The Bertz CT molecular complexity index is 211. The fourth-order valence-corrected chi connectivity index (χ4v) is 1.27. The fourth-order valence-electron chi connectivity index (χ4n) is 1.27. The molecule has 0 saturated carbocycles. The summed E-state index contributed by atoms with van der Waals surface area (Å²) in [5, 5.41) is 0. The standard InChI is InChI=1S/C10H15N/c1-3-4-10(11)9-6-5-8(2)7-9/h3,5-6,10H,1,4,7,11H2,2H3. The van der Waals surface area contributed by atoms with Gasteiger partial charge in [0.15, 0.2) is 0 Å².